The van der Waals surface area contributed by atoms with Crippen LogP contribution in [0.25, 0.3) is 20.9 Å². The fraction of sp³-hybridized carbons (Fsp3) is 0. The van der Waals surface area contributed by atoms with Gasteiger partial charge < -0.3 is 11.1 Å². The molecular formula is C17H13N5S. The molecule has 3 N–H and O–H groups in total. The van der Waals surface area contributed by atoms with Gasteiger partial charge >= 0.3 is 0 Å². The topological polar surface area (TPSA) is 76.7 Å². The monoisotopic (exact) mass is 319 g/mol. The Morgan fingerprint density at radius 2 is 1.52 bits per heavy atom. The summed E-state index contributed by atoms with van der Waals surface area (Å²) in [6.07, 6.45) is 0. The Bertz CT molecular complexity index is 951. The van der Waals surface area contributed by atoms with Crippen LogP contribution in [0.2, 0.25) is 0 Å². The van der Waals surface area contributed by atoms with Crippen LogP contribution in [-0.2, 0) is 0 Å². The van der Waals surface area contributed by atoms with Crippen LogP contribution < -0.4 is 11.1 Å². The van der Waals surface area contributed by atoms with Gasteiger partial charge in [-0.3, -0.25) is 0 Å². The number of fused-ring (bicyclic) bond motifs is 1. The number of hydrogen-bond acceptors (Lipinski definition) is 6. The van der Waals surface area contributed by atoms with E-state index in [4.69, 9.17) is 5.73 Å². The smallest absolute Gasteiger partial charge is 0.230 e. The zero-order valence-corrected chi connectivity index (χ0v) is 12.9. The molecule has 0 saturated carbocycles. The molecule has 0 spiro atoms. The molecule has 5 nitrogen and oxygen atoms in total. The lowest BCUT2D eigenvalue weighted by atomic mass is 10.2. The maximum absolute atomic E-state index is 6.06. The van der Waals surface area contributed by atoms with Gasteiger partial charge in [-0.15, -0.1) is 0 Å². The minimum absolute atomic E-state index is 0.381. The van der Waals surface area contributed by atoms with Crippen molar-refractivity contribution in [3.8, 4) is 10.6 Å². The van der Waals surface area contributed by atoms with Crippen molar-refractivity contribution in [1.82, 2.24) is 15.0 Å². The highest BCUT2D eigenvalue weighted by molar-refractivity contribution is 7.21. The first-order valence-electron chi connectivity index (χ1n) is 7.11. The van der Waals surface area contributed by atoms with Gasteiger partial charge in [-0.1, -0.05) is 59.9 Å². The first-order valence-corrected chi connectivity index (χ1v) is 7.93. The van der Waals surface area contributed by atoms with Crippen LogP contribution in [0.3, 0.4) is 0 Å². The second kappa shape index (κ2) is 5.66. The van der Waals surface area contributed by atoms with Crippen molar-refractivity contribution in [1.29, 1.82) is 0 Å². The van der Waals surface area contributed by atoms with Crippen LogP contribution in [-0.4, -0.2) is 15.0 Å². The van der Waals surface area contributed by atoms with Crippen LogP contribution in [0.5, 0.6) is 0 Å². The normalized spacial score (nSPS) is 10.8. The predicted molar refractivity (Wildman–Crippen MR) is 94.8 cm³/mol. The summed E-state index contributed by atoms with van der Waals surface area (Å²) >= 11 is 1.51. The van der Waals surface area contributed by atoms with Crippen molar-refractivity contribution in [2.45, 2.75) is 0 Å². The zero-order chi connectivity index (χ0) is 15.6. The van der Waals surface area contributed by atoms with Gasteiger partial charge in [0.15, 0.2) is 10.6 Å². The van der Waals surface area contributed by atoms with Gasteiger partial charge in [-0.25, -0.2) is 4.98 Å². The summed E-state index contributed by atoms with van der Waals surface area (Å²) in [7, 11) is 0. The van der Waals surface area contributed by atoms with E-state index in [9.17, 15) is 0 Å². The fourth-order valence-electron chi connectivity index (χ4n) is 2.25. The number of anilines is 3. The molecule has 6 heteroatoms. The van der Waals surface area contributed by atoms with E-state index >= 15 is 0 Å². The molecule has 0 saturated heterocycles. The molecule has 112 valence electrons. The van der Waals surface area contributed by atoms with Gasteiger partial charge in [0, 0.05) is 11.3 Å². The highest BCUT2D eigenvalue weighted by atomic mass is 32.1. The zero-order valence-electron chi connectivity index (χ0n) is 12.1. The number of nitrogens with two attached hydrogens (primary N) is 1. The third-order valence-corrected chi connectivity index (χ3v) is 4.33. The Morgan fingerprint density at radius 1 is 0.826 bits per heavy atom. The molecule has 4 rings (SSSR count). The molecule has 0 fully saturated rings. The SMILES string of the molecule is Nc1nc(Nc2ccccc2)nc2sc(-c3ccccc3)nc12. The number of aromatic nitrogens is 3. The molecule has 0 atom stereocenters. The number of rotatable bonds is 3. The van der Waals surface area contributed by atoms with E-state index in [1.165, 1.54) is 11.3 Å². The van der Waals surface area contributed by atoms with Crippen molar-refractivity contribution in [2.24, 2.45) is 0 Å². The lowest BCUT2D eigenvalue weighted by Gasteiger charge is -2.04. The van der Waals surface area contributed by atoms with Crippen molar-refractivity contribution in [3.63, 3.8) is 0 Å². The molecule has 0 aliphatic carbocycles. The Balaban J connectivity index is 1.75. The number of nitrogen functional groups attached to an aromatic ring is 1. The number of para-hydroxylation sites is 1. The molecular weight excluding hydrogens is 306 g/mol. The van der Waals surface area contributed by atoms with E-state index in [1.54, 1.807) is 0 Å². The lowest BCUT2D eigenvalue weighted by molar-refractivity contribution is 1.22. The van der Waals surface area contributed by atoms with Crippen LogP contribution in [0.4, 0.5) is 17.5 Å². The average Bonchev–Trinajstić information content (AvgIpc) is 3.01. The minimum atomic E-state index is 0.381. The summed E-state index contributed by atoms with van der Waals surface area (Å²) in [4.78, 5) is 14.2. The van der Waals surface area contributed by atoms with Crippen molar-refractivity contribution in [2.75, 3.05) is 11.1 Å². The van der Waals surface area contributed by atoms with Gasteiger partial charge in [0.1, 0.15) is 10.5 Å². The second-order valence-electron chi connectivity index (χ2n) is 4.96. The molecule has 2 aromatic heterocycles. The molecule has 4 aromatic rings. The predicted octanol–water partition coefficient (Wildman–Crippen LogP) is 4.08. The summed E-state index contributed by atoms with van der Waals surface area (Å²) < 4.78 is 0. The molecule has 2 heterocycles. The summed E-state index contributed by atoms with van der Waals surface area (Å²) in [6, 6.07) is 19.7. The Hall–Kier alpha value is -2.99. The quantitative estimate of drug-likeness (QED) is 0.595. The first-order chi connectivity index (χ1) is 11.3. The van der Waals surface area contributed by atoms with E-state index in [2.05, 4.69) is 20.3 Å². The Morgan fingerprint density at radius 3 is 2.26 bits per heavy atom. The fourth-order valence-corrected chi connectivity index (χ4v) is 3.21. The maximum Gasteiger partial charge on any atom is 0.230 e. The number of nitrogens with one attached hydrogen (secondary N) is 1. The molecule has 0 aliphatic heterocycles. The summed E-state index contributed by atoms with van der Waals surface area (Å²) in [5.74, 6) is 0.858. The van der Waals surface area contributed by atoms with Crippen LogP contribution in [0.15, 0.2) is 60.7 Å². The lowest BCUT2D eigenvalue weighted by Crippen LogP contribution is -2.00. The molecule has 0 bridgehead atoms. The highest BCUT2D eigenvalue weighted by Gasteiger charge is 2.12. The van der Waals surface area contributed by atoms with Crippen molar-refractivity contribution >= 4 is 39.1 Å². The third kappa shape index (κ3) is 2.72. The Kier molecular flexibility index (Phi) is 3.36. The van der Waals surface area contributed by atoms with E-state index in [0.29, 0.717) is 17.3 Å². The number of hydrogen-bond donors (Lipinski definition) is 2. The van der Waals surface area contributed by atoms with Crippen LogP contribution >= 0.6 is 11.3 Å². The van der Waals surface area contributed by atoms with Crippen molar-refractivity contribution < 1.29 is 0 Å². The molecule has 0 aliphatic rings. The van der Waals surface area contributed by atoms with Crippen LogP contribution in [0.1, 0.15) is 0 Å². The van der Waals surface area contributed by atoms with E-state index in [0.717, 1.165) is 21.1 Å². The van der Waals surface area contributed by atoms with Gasteiger partial charge in [0.25, 0.3) is 0 Å². The third-order valence-electron chi connectivity index (χ3n) is 3.34. The number of thiazole rings is 1. The molecule has 23 heavy (non-hydrogen) atoms. The number of nitrogens with zero attached hydrogens (tertiary/aromatic N) is 3. The van der Waals surface area contributed by atoms with Gasteiger partial charge in [0.05, 0.1) is 0 Å². The highest BCUT2D eigenvalue weighted by Crippen LogP contribution is 2.31. The number of benzene rings is 2. The largest absolute Gasteiger partial charge is 0.382 e. The van der Waals surface area contributed by atoms with Crippen LogP contribution in [0, 0.1) is 0 Å². The second-order valence-corrected chi connectivity index (χ2v) is 5.94. The van der Waals surface area contributed by atoms with Gasteiger partial charge in [-0.05, 0) is 12.1 Å². The first kappa shape index (κ1) is 13.7. The average molecular weight is 319 g/mol. The van der Waals surface area contributed by atoms with Crippen molar-refractivity contribution in [3.05, 3.63) is 60.7 Å². The van der Waals surface area contributed by atoms with E-state index in [1.807, 2.05) is 60.7 Å². The standard InChI is InChI=1S/C17H13N5S/c18-14-13-16(23-15(20-13)11-7-3-1-4-8-11)22-17(21-14)19-12-9-5-2-6-10-12/h1-10H,(H3,18,19,21,22). The molecule has 0 unspecified atom stereocenters. The van der Waals surface area contributed by atoms with E-state index < -0.39 is 0 Å². The Labute approximate surface area is 136 Å². The summed E-state index contributed by atoms with van der Waals surface area (Å²) in [5, 5.41) is 4.05. The van der Waals surface area contributed by atoms with Gasteiger partial charge in [0.2, 0.25) is 5.95 Å². The molecule has 0 amide bonds. The van der Waals surface area contributed by atoms with Gasteiger partial charge in [-0.2, -0.15) is 9.97 Å². The van der Waals surface area contributed by atoms with E-state index in [-0.39, 0.29) is 0 Å². The molecule has 0 radical (unpaired) electrons. The summed E-state index contributed by atoms with van der Waals surface area (Å²) in [6.45, 7) is 0. The minimum Gasteiger partial charge on any atom is -0.382 e. The molecule has 2 aromatic carbocycles. The maximum atomic E-state index is 6.06. The summed E-state index contributed by atoms with van der Waals surface area (Å²) in [5.41, 5.74) is 8.67.